The van der Waals surface area contributed by atoms with Gasteiger partial charge in [-0.2, -0.15) is 0 Å². The fraction of sp³-hybridized carbons (Fsp3) is 0.320. The average molecular weight is 495 g/mol. The Morgan fingerprint density at radius 2 is 1.86 bits per heavy atom. The number of ether oxygens (including phenoxy) is 4. The second kappa shape index (κ2) is 7.35. The zero-order valence-corrected chi connectivity index (χ0v) is 20.3. The topological polar surface area (TPSA) is 107 Å². The summed E-state index contributed by atoms with van der Waals surface area (Å²) in [5.41, 5.74) is 2.10. The van der Waals surface area contributed by atoms with Crippen molar-refractivity contribution in [2.24, 2.45) is 5.92 Å². The number of fused-ring (bicyclic) bond motifs is 2. The van der Waals surface area contributed by atoms with Gasteiger partial charge in [-0.3, -0.25) is 9.59 Å². The number of hydrogen-bond donors (Lipinski definition) is 1. The molecule has 1 N–H and O–H groups in total. The largest absolute Gasteiger partial charge is 0.493 e. The molecule has 2 aromatic heterocycles. The normalized spacial score (nSPS) is 21.7. The number of likely N-dealkylation sites (tertiary alicyclic amines) is 1. The van der Waals surface area contributed by atoms with E-state index in [1.807, 2.05) is 0 Å². The van der Waals surface area contributed by atoms with Crippen LogP contribution in [-0.2, 0) is 10.2 Å². The number of hydrogen-bond acceptors (Lipinski definition) is 8. The number of nitrogens with zero attached hydrogens (tertiary/aromatic N) is 1. The Labute approximate surface area is 204 Å². The monoisotopic (exact) mass is 494 g/mol. The third kappa shape index (κ3) is 2.77. The first-order valence-corrected chi connectivity index (χ1v) is 11.8. The number of allylic oxidation sites excluding steroid dienone is 2. The number of amides is 1. The summed E-state index contributed by atoms with van der Waals surface area (Å²) in [4.78, 5) is 44.6. The van der Waals surface area contributed by atoms with E-state index >= 15 is 0 Å². The smallest absolute Gasteiger partial charge is 0.348 e. The second-order valence-corrected chi connectivity index (χ2v) is 9.87. The minimum atomic E-state index is -0.462. The van der Waals surface area contributed by atoms with Gasteiger partial charge < -0.3 is 28.8 Å². The third-order valence-electron chi connectivity index (χ3n) is 7.24. The Morgan fingerprint density at radius 3 is 2.54 bits per heavy atom. The third-order valence-corrected chi connectivity index (χ3v) is 8.37. The lowest BCUT2D eigenvalue weighted by atomic mass is 9.86. The summed E-state index contributed by atoms with van der Waals surface area (Å²) in [6.07, 6.45) is 2.40. The number of aromatic amines is 1. The summed E-state index contributed by atoms with van der Waals surface area (Å²) >= 11 is 1.15. The Morgan fingerprint density at radius 1 is 1.09 bits per heavy atom. The number of benzene rings is 1. The van der Waals surface area contributed by atoms with Gasteiger partial charge in [0, 0.05) is 29.1 Å². The van der Waals surface area contributed by atoms with Gasteiger partial charge in [0.15, 0.2) is 17.3 Å². The molecule has 0 unspecified atom stereocenters. The number of H-pyrrole nitrogens is 1. The van der Waals surface area contributed by atoms with Crippen LogP contribution in [0.5, 0.6) is 17.2 Å². The number of esters is 1. The molecule has 1 aliphatic heterocycles. The van der Waals surface area contributed by atoms with E-state index < -0.39 is 11.4 Å². The van der Waals surface area contributed by atoms with E-state index in [0.717, 1.165) is 28.7 Å². The van der Waals surface area contributed by atoms with E-state index in [1.165, 1.54) is 28.4 Å². The summed E-state index contributed by atoms with van der Waals surface area (Å²) in [5, 5.41) is 0.735. The number of thiophene rings is 1. The van der Waals surface area contributed by atoms with Crippen molar-refractivity contribution in [2.75, 3.05) is 35.0 Å². The van der Waals surface area contributed by atoms with E-state index in [-0.39, 0.29) is 17.6 Å². The molecule has 180 valence electrons. The fourth-order valence-corrected chi connectivity index (χ4v) is 6.67. The molecule has 3 heterocycles. The van der Waals surface area contributed by atoms with Crippen LogP contribution in [0.15, 0.2) is 30.0 Å². The first-order valence-electron chi connectivity index (χ1n) is 11.0. The van der Waals surface area contributed by atoms with E-state index in [0.29, 0.717) is 50.5 Å². The molecule has 1 saturated carbocycles. The van der Waals surface area contributed by atoms with Crippen LogP contribution in [0.3, 0.4) is 0 Å². The molecule has 1 spiro atoms. The van der Waals surface area contributed by atoms with Crippen molar-refractivity contribution in [2.45, 2.75) is 11.8 Å². The van der Waals surface area contributed by atoms with E-state index in [1.54, 1.807) is 29.2 Å². The lowest BCUT2D eigenvalue weighted by Crippen LogP contribution is -2.33. The van der Waals surface area contributed by atoms with Gasteiger partial charge >= 0.3 is 5.97 Å². The van der Waals surface area contributed by atoms with Crippen LogP contribution in [0.1, 0.15) is 41.8 Å². The Kier molecular flexibility index (Phi) is 4.56. The predicted octanol–water partition coefficient (Wildman–Crippen LogP) is 3.54. The van der Waals surface area contributed by atoms with E-state index in [9.17, 15) is 14.4 Å². The molecule has 0 radical (unpaired) electrons. The molecule has 1 amide bonds. The minimum absolute atomic E-state index is 0.195. The van der Waals surface area contributed by atoms with Crippen LogP contribution in [-0.4, -0.2) is 62.5 Å². The quantitative estimate of drug-likeness (QED) is 0.541. The highest BCUT2D eigenvalue weighted by Gasteiger charge is 2.67. The highest BCUT2D eigenvalue weighted by molar-refractivity contribution is 7.16. The maximum absolute atomic E-state index is 13.7. The average Bonchev–Trinajstić information content (AvgIpc) is 3.21. The van der Waals surface area contributed by atoms with Gasteiger partial charge in [-0.25, -0.2) is 4.79 Å². The molecule has 2 aliphatic carbocycles. The molecule has 3 aliphatic rings. The number of carbonyl (C=O) groups is 3. The summed E-state index contributed by atoms with van der Waals surface area (Å²) in [6, 6.07) is 5.29. The van der Waals surface area contributed by atoms with Gasteiger partial charge in [0.2, 0.25) is 5.75 Å². The van der Waals surface area contributed by atoms with Gasteiger partial charge in [-0.1, -0.05) is 0 Å². The zero-order chi connectivity index (χ0) is 24.6. The molecule has 6 rings (SSSR count). The lowest BCUT2D eigenvalue weighted by molar-refractivity contribution is 0.0605. The summed E-state index contributed by atoms with van der Waals surface area (Å²) in [7, 11) is 5.90. The van der Waals surface area contributed by atoms with Gasteiger partial charge in [0.25, 0.3) is 5.91 Å². The van der Waals surface area contributed by atoms with E-state index in [2.05, 4.69) is 4.98 Å². The Hall–Kier alpha value is -3.79. The molecule has 1 saturated heterocycles. The van der Waals surface area contributed by atoms with Gasteiger partial charge in [0.1, 0.15) is 10.6 Å². The molecule has 1 aromatic carbocycles. The summed E-state index contributed by atoms with van der Waals surface area (Å²) in [6.45, 7) is 0.500. The van der Waals surface area contributed by atoms with Gasteiger partial charge in [0.05, 0.1) is 38.8 Å². The number of rotatable bonds is 5. The molecular weight excluding hydrogens is 472 g/mol. The SMILES string of the molecule is COC(=O)c1cc2c(s1)C(=O)C=C1N(C(=O)c3cc4cc(OC)c(OC)c(OC)c4[nH]3)C[C@H]3C[C@]123. The molecule has 9 nitrogen and oxygen atoms in total. The lowest BCUT2D eigenvalue weighted by Gasteiger charge is -2.27. The van der Waals surface area contributed by atoms with E-state index in [4.69, 9.17) is 18.9 Å². The van der Waals surface area contributed by atoms with Crippen molar-refractivity contribution >= 4 is 39.9 Å². The molecular formula is C25H22N2O7S. The van der Waals surface area contributed by atoms with Gasteiger partial charge in [-0.15, -0.1) is 11.3 Å². The molecule has 35 heavy (non-hydrogen) atoms. The number of aromatic nitrogens is 1. The maximum Gasteiger partial charge on any atom is 0.348 e. The number of carbonyl (C=O) groups excluding carboxylic acids is 3. The first-order chi connectivity index (χ1) is 16.9. The number of nitrogens with one attached hydrogen (secondary N) is 1. The van der Waals surface area contributed by atoms with Crippen molar-refractivity contribution in [1.82, 2.24) is 9.88 Å². The number of ketones is 1. The molecule has 2 fully saturated rings. The van der Waals surface area contributed by atoms with Crippen LogP contribution in [0.2, 0.25) is 0 Å². The zero-order valence-electron chi connectivity index (χ0n) is 19.5. The highest BCUT2D eigenvalue weighted by Crippen LogP contribution is 2.67. The Balaban J connectivity index is 1.40. The Bertz CT molecular complexity index is 1480. The standard InChI is InChI=1S/C25H22N2O7S/c1-31-16-6-11-5-14(26-19(11)21(33-3)20(16)32-2)23(29)27-10-12-9-25(12)13-7-17(24(30)34-4)35-22(13)15(28)8-18(25)27/h5-8,12,26H,9-10H2,1-4H3/t12-,25-/m1/s1. The van der Waals surface area contributed by atoms with Gasteiger partial charge in [-0.05, 0) is 36.1 Å². The van der Waals surface area contributed by atoms with Crippen molar-refractivity contribution in [3.05, 3.63) is 51.0 Å². The second-order valence-electron chi connectivity index (χ2n) is 8.82. The fourth-order valence-electron chi connectivity index (χ4n) is 5.59. The van der Waals surface area contributed by atoms with Crippen LogP contribution >= 0.6 is 11.3 Å². The molecule has 10 heteroatoms. The van der Waals surface area contributed by atoms with Crippen molar-refractivity contribution in [3.63, 3.8) is 0 Å². The summed E-state index contributed by atoms with van der Waals surface area (Å²) in [5.74, 6) is 0.657. The number of methoxy groups -OCH3 is 4. The van der Waals surface area contributed by atoms with Crippen LogP contribution < -0.4 is 14.2 Å². The molecule has 3 aromatic rings. The molecule has 0 bridgehead atoms. The first kappa shape index (κ1) is 21.7. The summed E-state index contributed by atoms with van der Waals surface area (Å²) < 4.78 is 21.3. The maximum atomic E-state index is 13.7. The number of piperidine rings is 1. The highest BCUT2D eigenvalue weighted by atomic mass is 32.1. The van der Waals surface area contributed by atoms with Crippen molar-refractivity contribution in [1.29, 1.82) is 0 Å². The minimum Gasteiger partial charge on any atom is -0.493 e. The predicted molar refractivity (Wildman–Crippen MR) is 127 cm³/mol. The van der Waals surface area contributed by atoms with Crippen molar-refractivity contribution in [3.8, 4) is 17.2 Å². The van der Waals surface area contributed by atoms with Crippen LogP contribution in [0, 0.1) is 5.92 Å². The van der Waals surface area contributed by atoms with Crippen LogP contribution in [0.25, 0.3) is 10.9 Å². The molecule has 2 atom stereocenters. The van der Waals surface area contributed by atoms with Crippen LogP contribution in [0.4, 0.5) is 0 Å². The van der Waals surface area contributed by atoms with Crippen molar-refractivity contribution < 1.29 is 33.3 Å².